The molecule has 0 aliphatic carbocycles. The maximum atomic E-state index is 11.2. The average Bonchev–Trinajstić information content (AvgIpc) is 2.20. The molecule has 0 radical (unpaired) electrons. The van der Waals surface area contributed by atoms with E-state index in [0.717, 1.165) is 4.68 Å². The van der Waals surface area contributed by atoms with Crippen molar-refractivity contribution in [3.05, 3.63) is 20.8 Å². The van der Waals surface area contributed by atoms with Crippen molar-refractivity contribution in [1.29, 1.82) is 5.26 Å². The molecule has 0 aliphatic heterocycles. The molecule has 0 fully saturated rings. The maximum Gasteiger partial charge on any atom is 0.345 e. The number of nitriles is 1. The predicted molar refractivity (Wildman–Crippen MR) is 50.5 cm³/mol. The molecule has 1 rings (SSSR count). The lowest BCUT2D eigenvalue weighted by atomic mass is 10.5. The fourth-order valence-electron chi connectivity index (χ4n) is 0.954. The first kappa shape index (κ1) is 11.0. The van der Waals surface area contributed by atoms with Crippen molar-refractivity contribution < 1.29 is 4.74 Å². The highest BCUT2D eigenvalue weighted by Gasteiger charge is 2.06. The molecular weight excluding hydrogens is 200 g/mol. The molecule has 0 aliphatic rings. The second-order valence-electron chi connectivity index (χ2n) is 2.63. The van der Waals surface area contributed by atoms with Gasteiger partial charge in [-0.2, -0.15) is 5.26 Å². The molecule has 0 amide bonds. The van der Waals surface area contributed by atoms with E-state index in [1.807, 2.05) is 6.07 Å². The quantitative estimate of drug-likeness (QED) is 0.704. The minimum Gasteiger partial charge on any atom is -0.473 e. The van der Waals surface area contributed by atoms with Crippen molar-refractivity contribution in [1.82, 2.24) is 14.8 Å². The third-order valence-electron chi connectivity index (χ3n) is 1.58. The van der Waals surface area contributed by atoms with E-state index in [2.05, 4.69) is 10.1 Å². The van der Waals surface area contributed by atoms with Crippen molar-refractivity contribution >= 4 is 0 Å². The molecule has 0 bridgehead atoms. The summed E-state index contributed by atoms with van der Waals surface area (Å²) < 4.78 is 5.91. The van der Waals surface area contributed by atoms with Crippen molar-refractivity contribution in [3.63, 3.8) is 0 Å². The van der Waals surface area contributed by atoms with Gasteiger partial charge in [0.25, 0.3) is 5.88 Å². The standard InChI is InChI=1S/C8H10N4O3/c1-2-15-7-6(13)10-8(14)12(11-7)5-3-4-9/h2-3,5H2,1H3,(H,10,13,14). The number of nitrogens with zero attached hydrogens (tertiary/aromatic N) is 3. The highest BCUT2D eigenvalue weighted by atomic mass is 16.5. The van der Waals surface area contributed by atoms with Gasteiger partial charge in [0.05, 0.1) is 25.6 Å². The topological polar surface area (TPSA) is 101 Å². The predicted octanol–water partition coefficient (Wildman–Crippen LogP) is -0.756. The van der Waals surface area contributed by atoms with E-state index in [-0.39, 0.29) is 25.5 Å². The fraction of sp³-hybridized carbons (Fsp3) is 0.500. The zero-order valence-electron chi connectivity index (χ0n) is 8.19. The number of hydrogen-bond acceptors (Lipinski definition) is 5. The normalized spacial score (nSPS) is 9.60. The number of H-pyrrole nitrogens is 1. The Balaban J connectivity index is 3.07. The summed E-state index contributed by atoms with van der Waals surface area (Å²) in [6.07, 6.45) is 0.143. The molecule has 1 N–H and O–H groups in total. The monoisotopic (exact) mass is 210 g/mol. The number of ether oxygens (including phenoxy) is 1. The maximum absolute atomic E-state index is 11.2. The van der Waals surface area contributed by atoms with Crippen LogP contribution < -0.4 is 16.0 Å². The summed E-state index contributed by atoms with van der Waals surface area (Å²) in [4.78, 5) is 24.4. The Morgan fingerprint density at radius 2 is 2.33 bits per heavy atom. The fourth-order valence-corrected chi connectivity index (χ4v) is 0.954. The first-order valence-electron chi connectivity index (χ1n) is 4.40. The molecule has 0 aromatic carbocycles. The SMILES string of the molecule is CCOc1nn(CCC#N)c(=O)[nH]c1=O. The lowest BCUT2D eigenvalue weighted by Gasteiger charge is -2.03. The highest BCUT2D eigenvalue weighted by Crippen LogP contribution is 1.92. The van der Waals surface area contributed by atoms with Crippen LogP contribution in [-0.4, -0.2) is 21.4 Å². The van der Waals surface area contributed by atoms with E-state index in [1.165, 1.54) is 0 Å². The van der Waals surface area contributed by atoms with Crippen LogP contribution in [-0.2, 0) is 6.54 Å². The zero-order valence-corrected chi connectivity index (χ0v) is 8.19. The number of aryl methyl sites for hydroxylation is 1. The molecule has 0 saturated carbocycles. The Hall–Kier alpha value is -2.10. The number of hydrogen-bond donors (Lipinski definition) is 1. The molecule has 0 atom stereocenters. The summed E-state index contributed by atoms with van der Waals surface area (Å²) in [5.74, 6) is -0.157. The number of nitrogens with one attached hydrogen (secondary N) is 1. The van der Waals surface area contributed by atoms with Gasteiger partial charge >= 0.3 is 11.2 Å². The summed E-state index contributed by atoms with van der Waals surface area (Å²) >= 11 is 0. The van der Waals surface area contributed by atoms with Crippen molar-refractivity contribution in [2.75, 3.05) is 6.61 Å². The van der Waals surface area contributed by atoms with E-state index in [1.54, 1.807) is 6.92 Å². The second-order valence-corrected chi connectivity index (χ2v) is 2.63. The second kappa shape index (κ2) is 4.95. The molecule has 1 aromatic rings. The van der Waals surface area contributed by atoms with Crippen molar-refractivity contribution in [2.45, 2.75) is 19.9 Å². The molecule has 0 spiro atoms. The number of aromatic amines is 1. The summed E-state index contributed by atoms with van der Waals surface area (Å²) in [6.45, 7) is 2.12. The largest absolute Gasteiger partial charge is 0.473 e. The third kappa shape index (κ3) is 2.67. The van der Waals surface area contributed by atoms with Crippen LogP contribution in [0.15, 0.2) is 9.59 Å². The first-order valence-corrected chi connectivity index (χ1v) is 4.40. The van der Waals surface area contributed by atoms with Gasteiger partial charge in [-0.1, -0.05) is 0 Å². The summed E-state index contributed by atoms with van der Waals surface area (Å²) in [5.41, 5.74) is -1.30. The van der Waals surface area contributed by atoms with Crippen LogP contribution in [0.1, 0.15) is 13.3 Å². The Morgan fingerprint density at radius 3 is 2.93 bits per heavy atom. The van der Waals surface area contributed by atoms with Gasteiger partial charge < -0.3 is 4.74 Å². The van der Waals surface area contributed by atoms with E-state index < -0.39 is 11.2 Å². The van der Waals surface area contributed by atoms with E-state index in [4.69, 9.17) is 10.00 Å². The van der Waals surface area contributed by atoms with Crippen LogP contribution in [0, 0.1) is 11.3 Å². The Bertz CT molecular complexity index is 482. The number of rotatable bonds is 4. The van der Waals surface area contributed by atoms with Crippen LogP contribution in [0.25, 0.3) is 0 Å². The number of aromatic nitrogens is 3. The van der Waals surface area contributed by atoms with Crippen molar-refractivity contribution in [2.24, 2.45) is 0 Å². The first-order chi connectivity index (χ1) is 7.19. The molecule has 1 heterocycles. The van der Waals surface area contributed by atoms with Gasteiger partial charge in [0.2, 0.25) is 0 Å². The van der Waals surface area contributed by atoms with Gasteiger partial charge in [0, 0.05) is 0 Å². The molecule has 7 nitrogen and oxygen atoms in total. The molecule has 1 aromatic heterocycles. The molecule has 0 unspecified atom stereocenters. The van der Waals surface area contributed by atoms with E-state index in [0.29, 0.717) is 0 Å². The third-order valence-corrected chi connectivity index (χ3v) is 1.58. The molecule has 7 heteroatoms. The molecule has 80 valence electrons. The molecule has 15 heavy (non-hydrogen) atoms. The van der Waals surface area contributed by atoms with E-state index in [9.17, 15) is 9.59 Å². The van der Waals surface area contributed by atoms with Crippen molar-refractivity contribution in [3.8, 4) is 11.9 Å². The Morgan fingerprint density at radius 1 is 1.60 bits per heavy atom. The minimum atomic E-state index is -0.657. The highest BCUT2D eigenvalue weighted by molar-refractivity contribution is 4.99. The van der Waals surface area contributed by atoms with E-state index >= 15 is 0 Å². The summed E-state index contributed by atoms with van der Waals surface area (Å²) in [5, 5.41) is 12.0. The molecule has 0 saturated heterocycles. The molecular formula is C8H10N4O3. The van der Waals surface area contributed by atoms with Crippen LogP contribution in [0.3, 0.4) is 0 Å². The smallest absolute Gasteiger partial charge is 0.345 e. The van der Waals surface area contributed by atoms with Crippen LogP contribution in [0.4, 0.5) is 0 Å². The minimum absolute atomic E-state index is 0.131. The lowest BCUT2D eigenvalue weighted by Crippen LogP contribution is -2.33. The van der Waals surface area contributed by atoms with Crippen LogP contribution in [0.5, 0.6) is 5.88 Å². The Kier molecular flexibility index (Phi) is 3.62. The summed E-state index contributed by atoms with van der Waals surface area (Å²) in [7, 11) is 0. The Labute approximate surface area is 84.9 Å². The van der Waals surface area contributed by atoms with Gasteiger partial charge in [0.1, 0.15) is 0 Å². The van der Waals surface area contributed by atoms with Gasteiger partial charge in [-0.15, -0.1) is 5.10 Å². The van der Waals surface area contributed by atoms with Gasteiger partial charge in [-0.05, 0) is 6.92 Å². The average molecular weight is 210 g/mol. The van der Waals surface area contributed by atoms with Crippen LogP contribution in [0.2, 0.25) is 0 Å². The van der Waals surface area contributed by atoms with Gasteiger partial charge in [0.15, 0.2) is 0 Å². The van der Waals surface area contributed by atoms with Crippen LogP contribution >= 0.6 is 0 Å². The van der Waals surface area contributed by atoms with Gasteiger partial charge in [-0.3, -0.25) is 9.78 Å². The zero-order chi connectivity index (χ0) is 11.3. The lowest BCUT2D eigenvalue weighted by molar-refractivity contribution is 0.305. The summed E-state index contributed by atoms with van der Waals surface area (Å²) in [6, 6.07) is 1.88. The van der Waals surface area contributed by atoms with Gasteiger partial charge in [-0.25, -0.2) is 9.48 Å².